The smallest absolute Gasteiger partial charge is 0.305 e. The number of hydrogen-bond donors (Lipinski definition) is 1. The largest absolute Gasteiger partial charge is 0.481 e. The summed E-state index contributed by atoms with van der Waals surface area (Å²) in [6, 6.07) is 6.79. The predicted molar refractivity (Wildman–Crippen MR) is 165 cm³/mol. The Morgan fingerprint density at radius 1 is 0.511 bits per heavy atom. The van der Waals surface area contributed by atoms with Crippen LogP contribution in [0.25, 0.3) is 0 Å². The topological polar surface area (TPSA) is 175 Å². The maximum Gasteiger partial charge on any atom is 0.305 e. The quantitative estimate of drug-likeness (QED) is 0.0664. The molecular weight excluding hydrogens is 622 g/mol. The van der Waals surface area contributed by atoms with Crippen LogP contribution in [0.15, 0.2) is 24.3 Å². The maximum atomic E-state index is 12.3. The van der Waals surface area contributed by atoms with Crippen LogP contribution < -0.4 is 0 Å². The van der Waals surface area contributed by atoms with Gasteiger partial charge in [0, 0.05) is 12.8 Å². The van der Waals surface area contributed by atoms with Crippen LogP contribution in [-0.2, 0) is 52.2 Å². The summed E-state index contributed by atoms with van der Waals surface area (Å²) in [6.45, 7) is 6.80. The molecule has 0 saturated heterocycles. The van der Waals surface area contributed by atoms with Crippen LogP contribution in [0.2, 0.25) is 0 Å². The summed E-state index contributed by atoms with van der Waals surface area (Å²) in [5.74, 6) is -1.80. The Labute approximate surface area is 275 Å². The molecule has 15 nitrogen and oxygen atoms in total. The van der Waals surface area contributed by atoms with Gasteiger partial charge in [0.1, 0.15) is 6.61 Å². The van der Waals surface area contributed by atoms with Gasteiger partial charge in [0.15, 0.2) is 0 Å². The van der Waals surface area contributed by atoms with Crippen molar-refractivity contribution in [3.8, 4) is 0 Å². The highest BCUT2D eigenvalue weighted by atomic mass is 16.6. The molecule has 0 aliphatic carbocycles. The third kappa shape index (κ3) is 19.4. The fraction of sp³-hybridized carbons (Fsp3) is 0.688. The van der Waals surface area contributed by atoms with Gasteiger partial charge in [-0.15, -0.1) is 0 Å². The number of aliphatic carboxylic acids is 1. The van der Waals surface area contributed by atoms with E-state index in [0.717, 1.165) is 0 Å². The number of esters is 1. The molecule has 1 N–H and O–H groups in total. The SMILES string of the molecule is O=C(O)CCCCC(=O)OCCOCCOCCOCCOCCOCCOCCOCCOCCN1C(=O)c2ccccc2C1=O. The molecular formula is C32H49NO14. The first kappa shape index (κ1) is 40.2. The lowest BCUT2D eigenvalue weighted by Crippen LogP contribution is -2.33. The van der Waals surface area contributed by atoms with Gasteiger partial charge in [-0.1, -0.05) is 12.1 Å². The number of benzene rings is 1. The van der Waals surface area contributed by atoms with E-state index in [9.17, 15) is 19.2 Å². The number of carboxylic acids is 1. The van der Waals surface area contributed by atoms with Crippen molar-refractivity contribution < 1.29 is 66.9 Å². The minimum absolute atomic E-state index is 0.0541. The number of unbranched alkanes of at least 4 members (excludes halogenated alkanes) is 1. The highest BCUT2D eigenvalue weighted by molar-refractivity contribution is 6.21. The van der Waals surface area contributed by atoms with Crippen LogP contribution in [0.3, 0.4) is 0 Å². The molecule has 2 rings (SSSR count). The second-order valence-electron chi connectivity index (χ2n) is 10.0. The Balaban J connectivity index is 1.20. The molecule has 47 heavy (non-hydrogen) atoms. The average molecular weight is 672 g/mol. The maximum absolute atomic E-state index is 12.3. The number of carboxylic acid groups (broad SMARTS) is 1. The van der Waals surface area contributed by atoms with Crippen molar-refractivity contribution in [2.45, 2.75) is 25.7 Å². The summed E-state index contributed by atoms with van der Waals surface area (Å²) in [7, 11) is 0. The number of fused-ring (bicyclic) bond motifs is 1. The molecule has 0 atom stereocenters. The van der Waals surface area contributed by atoms with Crippen molar-refractivity contribution in [3.63, 3.8) is 0 Å². The minimum atomic E-state index is -0.868. The van der Waals surface area contributed by atoms with Crippen molar-refractivity contribution in [2.75, 3.05) is 119 Å². The predicted octanol–water partition coefficient (Wildman–Crippen LogP) is 1.60. The Bertz CT molecular complexity index is 988. The first-order chi connectivity index (χ1) is 23.0. The Hall–Kier alpha value is -3.02. The lowest BCUT2D eigenvalue weighted by Gasteiger charge is -2.13. The number of rotatable bonds is 32. The number of carbonyl (C=O) groups excluding carboxylic acids is 3. The molecule has 1 aromatic carbocycles. The van der Waals surface area contributed by atoms with Crippen molar-refractivity contribution in [1.82, 2.24) is 4.90 Å². The molecule has 266 valence electrons. The molecule has 1 heterocycles. The van der Waals surface area contributed by atoms with Crippen molar-refractivity contribution in [1.29, 1.82) is 0 Å². The highest BCUT2D eigenvalue weighted by Crippen LogP contribution is 2.21. The van der Waals surface area contributed by atoms with E-state index in [2.05, 4.69) is 0 Å². The third-order valence-corrected chi connectivity index (χ3v) is 6.45. The summed E-state index contributed by atoms with van der Waals surface area (Å²) in [5.41, 5.74) is 0.867. The molecule has 0 saturated carbocycles. The van der Waals surface area contributed by atoms with Gasteiger partial charge in [-0.05, 0) is 25.0 Å². The van der Waals surface area contributed by atoms with Crippen LogP contribution >= 0.6 is 0 Å². The summed E-state index contributed by atoms with van der Waals surface area (Å²) in [5, 5.41) is 8.54. The summed E-state index contributed by atoms with van der Waals surface area (Å²) in [6.07, 6.45) is 1.21. The fourth-order valence-corrected chi connectivity index (χ4v) is 4.07. The zero-order valence-corrected chi connectivity index (χ0v) is 27.1. The number of ether oxygens (including phenoxy) is 9. The van der Waals surface area contributed by atoms with E-state index in [1.54, 1.807) is 24.3 Å². The molecule has 0 spiro atoms. The zero-order chi connectivity index (χ0) is 33.8. The van der Waals surface area contributed by atoms with E-state index in [4.69, 9.17) is 47.7 Å². The first-order valence-corrected chi connectivity index (χ1v) is 15.9. The summed E-state index contributed by atoms with van der Waals surface area (Å²) in [4.78, 5) is 47.7. The van der Waals surface area contributed by atoms with Crippen LogP contribution in [-0.4, -0.2) is 153 Å². The molecule has 1 aliphatic heterocycles. The van der Waals surface area contributed by atoms with E-state index in [1.807, 2.05) is 0 Å². The molecule has 1 aromatic rings. The molecule has 1 aliphatic rings. The van der Waals surface area contributed by atoms with Crippen LogP contribution in [0.4, 0.5) is 0 Å². The Morgan fingerprint density at radius 3 is 1.23 bits per heavy atom. The van der Waals surface area contributed by atoms with E-state index >= 15 is 0 Å². The number of carbonyl (C=O) groups is 4. The molecule has 15 heteroatoms. The molecule has 0 fully saturated rings. The van der Waals surface area contributed by atoms with Gasteiger partial charge in [-0.2, -0.15) is 0 Å². The van der Waals surface area contributed by atoms with E-state index in [0.29, 0.717) is 116 Å². The Morgan fingerprint density at radius 2 is 0.851 bits per heavy atom. The van der Waals surface area contributed by atoms with Gasteiger partial charge < -0.3 is 47.7 Å². The first-order valence-electron chi connectivity index (χ1n) is 15.9. The second-order valence-corrected chi connectivity index (χ2v) is 10.0. The fourth-order valence-electron chi connectivity index (χ4n) is 4.07. The number of amides is 2. The standard InChI is InChI=1S/C32H49NO14/c34-29(35)7-3-4-8-30(36)47-26-25-46-24-23-45-22-21-44-20-19-43-18-17-42-16-15-41-14-13-40-12-11-39-10-9-33-31(37)27-5-1-2-6-28(27)32(33)38/h1-2,5-6H,3-4,7-26H2,(H,34,35). The van der Waals surface area contributed by atoms with E-state index in [-0.39, 0.29) is 57.0 Å². The van der Waals surface area contributed by atoms with Gasteiger partial charge in [-0.25, -0.2) is 0 Å². The molecule has 2 amide bonds. The van der Waals surface area contributed by atoms with Gasteiger partial charge in [0.2, 0.25) is 0 Å². The van der Waals surface area contributed by atoms with E-state index < -0.39 is 5.97 Å². The minimum Gasteiger partial charge on any atom is -0.481 e. The average Bonchev–Trinajstić information content (AvgIpc) is 3.31. The molecule has 0 aromatic heterocycles. The van der Waals surface area contributed by atoms with Crippen molar-refractivity contribution in [2.24, 2.45) is 0 Å². The Kier molecular flexibility index (Phi) is 23.1. The van der Waals surface area contributed by atoms with Gasteiger partial charge in [0.05, 0.1) is 123 Å². The van der Waals surface area contributed by atoms with E-state index in [1.165, 1.54) is 4.90 Å². The number of imide groups is 1. The number of nitrogens with zero attached hydrogens (tertiary/aromatic N) is 1. The third-order valence-electron chi connectivity index (χ3n) is 6.45. The van der Waals surface area contributed by atoms with Gasteiger partial charge in [0.25, 0.3) is 11.8 Å². The van der Waals surface area contributed by atoms with Crippen LogP contribution in [0.5, 0.6) is 0 Å². The highest BCUT2D eigenvalue weighted by Gasteiger charge is 2.34. The zero-order valence-electron chi connectivity index (χ0n) is 27.1. The van der Waals surface area contributed by atoms with Crippen molar-refractivity contribution >= 4 is 23.8 Å². The second kappa shape index (κ2) is 27.0. The van der Waals surface area contributed by atoms with Crippen LogP contribution in [0, 0.1) is 0 Å². The number of hydrogen-bond acceptors (Lipinski definition) is 13. The van der Waals surface area contributed by atoms with Gasteiger partial charge in [-0.3, -0.25) is 24.1 Å². The lowest BCUT2D eigenvalue weighted by molar-refractivity contribution is -0.146. The van der Waals surface area contributed by atoms with Crippen LogP contribution in [0.1, 0.15) is 46.4 Å². The van der Waals surface area contributed by atoms with Crippen molar-refractivity contribution in [3.05, 3.63) is 35.4 Å². The molecule has 0 unspecified atom stereocenters. The molecule has 0 radical (unpaired) electrons. The molecule has 0 bridgehead atoms. The lowest BCUT2D eigenvalue weighted by atomic mass is 10.1. The normalized spacial score (nSPS) is 12.6. The summed E-state index contributed by atoms with van der Waals surface area (Å²) >= 11 is 0. The summed E-state index contributed by atoms with van der Waals surface area (Å²) < 4.78 is 48.4. The van der Waals surface area contributed by atoms with Gasteiger partial charge >= 0.3 is 11.9 Å². The monoisotopic (exact) mass is 671 g/mol.